The van der Waals surface area contributed by atoms with Crippen molar-refractivity contribution in [2.45, 2.75) is 0 Å². The Kier molecular flexibility index (Phi) is 4.16. The highest BCUT2D eigenvalue weighted by Gasteiger charge is 2.12. The number of thiocarbonyl (C=S) groups is 1. The van der Waals surface area contributed by atoms with Crippen LogP contribution in [0.4, 0.5) is 5.69 Å². The summed E-state index contributed by atoms with van der Waals surface area (Å²) in [6.45, 7) is 0. The number of H-pyrrole nitrogens is 1. The second-order valence-corrected chi connectivity index (χ2v) is 4.78. The van der Waals surface area contributed by atoms with Gasteiger partial charge in [-0.25, -0.2) is 0 Å². The topological polar surface area (TPSA) is 88.0 Å². The van der Waals surface area contributed by atoms with E-state index in [-0.39, 0.29) is 21.0 Å². The molecule has 0 saturated carbocycles. The summed E-state index contributed by atoms with van der Waals surface area (Å²) in [7, 11) is 0. The maximum Gasteiger partial charge on any atom is 0.261 e. The number of rotatable bonds is 3. The van der Waals surface area contributed by atoms with Crippen molar-refractivity contribution in [2.75, 3.05) is 5.32 Å². The van der Waals surface area contributed by atoms with Gasteiger partial charge in [-0.3, -0.25) is 9.59 Å². The molecule has 0 radical (unpaired) electrons. The Balaban J connectivity index is 2.27. The molecule has 1 heterocycles. The smallest absolute Gasteiger partial charge is 0.261 e. The van der Waals surface area contributed by atoms with Crippen molar-refractivity contribution in [1.82, 2.24) is 4.98 Å². The van der Waals surface area contributed by atoms with Crippen LogP contribution < -0.4 is 16.5 Å². The van der Waals surface area contributed by atoms with Gasteiger partial charge in [0.05, 0.1) is 10.7 Å². The number of aromatic amines is 1. The molecule has 0 spiro atoms. The Morgan fingerprint density at radius 3 is 2.70 bits per heavy atom. The van der Waals surface area contributed by atoms with Gasteiger partial charge in [0.15, 0.2) is 5.43 Å². The highest BCUT2D eigenvalue weighted by Crippen LogP contribution is 2.23. The fourth-order valence-electron chi connectivity index (χ4n) is 1.55. The third-order valence-corrected chi connectivity index (χ3v) is 3.12. The Hall–Kier alpha value is -2.18. The van der Waals surface area contributed by atoms with E-state index in [1.807, 2.05) is 0 Å². The number of nitrogens with two attached hydrogens (primary N) is 1. The molecular formula is C13H10ClN3O2S. The molecule has 0 atom stereocenters. The third-order valence-electron chi connectivity index (χ3n) is 2.57. The van der Waals surface area contributed by atoms with Gasteiger partial charge in [0.2, 0.25) is 0 Å². The summed E-state index contributed by atoms with van der Waals surface area (Å²) in [6.07, 6.45) is 2.78. The fourth-order valence-corrected chi connectivity index (χ4v) is 1.91. The summed E-state index contributed by atoms with van der Waals surface area (Å²) in [5.74, 6) is -0.545. The Morgan fingerprint density at radius 2 is 2.10 bits per heavy atom. The molecule has 102 valence electrons. The van der Waals surface area contributed by atoms with Crippen LogP contribution in [-0.2, 0) is 0 Å². The second kappa shape index (κ2) is 5.85. The van der Waals surface area contributed by atoms with Crippen molar-refractivity contribution >= 4 is 40.4 Å². The van der Waals surface area contributed by atoms with Crippen LogP contribution in [-0.4, -0.2) is 15.9 Å². The van der Waals surface area contributed by atoms with Crippen molar-refractivity contribution in [3.8, 4) is 0 Å². The first-order valence-electron chi connectivity index (χ1n) is 5.57. The van der Waals surface area contributed by atoms with Crippen LogP contribution in [0.3, 0.4) is 0 Å². The van der Waals surface area contributed by atoms with Crippen LogP contribution in [0, 0.1) is 0 Å². The molecule has 20 heavy (non-hydrogen) atoms. The minimum atomic E-state index is -0.545. The van der Waals surface area contributed by atoms with E-state index < -0.39 is 5.91 Å². The largest absolute Gasteiger partial charge is 0.389 e. The first kappa shape index (κ1) is 14.2. The summed E-state index contributed by atoms with van der Waals surface area (Å²) in [5.41, 5.74) is 6.08. The van der Waals surface area contributed by atoms with Crippen LogP contribution in [0.15, 0.2) is 41.5 Å². The lowest BCUT2D eigenvalue weighted by atomic mass is 10.2. The van der Waals surface area contributed by atoms with E-state index in [0.717, 1.165) is 0 Å². The van der Waals surface area contributed by atoms with Crippen molar-refractivity contribution in [2.24, 2.45) is 5.73 Å². The van der Waals surface area contributed by atoms with Gasteiger partial charge in [-0.1, -0.05) is 23.8 Å². The van der Waals surface area contributed by atoms with E-state index in [0.29, 0.717) is 11.3 Å². The van der Waals surface area contributed by atoms with E-state index in [1.54, 1.807) is 18.2 Å². The Bertz CT molecular complexity index is 742. The number of carbonyl (C=O) groups excluding carboxylic acids is 1. The van der Waals surface area contributed by atoms with Crippen molar-refractivity contribution in [1.29, 1.82) is 0 Å². The average Bonchev–Trinajstić information content (AvgIpc) is 2.41. The van der Waals surface area contributed by atoms with Gasteiger partial charge in [-0.15, -0.1) is 0 Å². The Morgan fingerprint density at radius 1 is 1.35 bits per heavy atom. The van der Waals surface area contributed by atoms with Crippen LogP contribution in [0.1, 0.15) is 15.9 Å². The van der Waals surface area contributed by atoms with Crippen LogP contribution in [0.5, 0.6) is 0 Å². The monoisotopic (exact) mass is 307 g/mol. The molecule has 0 bridgehead atoms. The maximum absolute atomic E-state index is 12.0. The molecule has 0 aliphatic carbocycles. The van der Waals surface area contributed by atoms with E-state index in [1.165, 1.54) is 18.5 Å². The zero-order valence-electron chi connectivity index (χ0n) is 10.1. The summed E-state index contributed by atoms with van der Waals surface area (Å²) in [5, 5.41) is 2.85. The zero-order valence-corrected chi connectivity index (χ0v) is 11.7. The van der Waals surface area contributed by atoms with E-state index in [9.17, 15) is 9.59 Å². The predicted octanol–water partition coefficient (Wildman–Crippen LogP) is 1.91. The summed E-state index contributed by atoms with van der Waals surface area (Å²) >= 11 is 10.9. The SMILES string of the molecule is NC(=S)c1ccc(NC(=O)c2c[nH]ccc2=O)c(Cl)c1. The molecule has 1 aromatic heterocycles. The van der Waals surface area contributed by atoms with Gasteiger partial charge in [0, 0.05) is 24.0 Å². The molecule has 0 aliphatic heterocycles. The first-order chi connectivity index (χ1) is 9.49. The molecular weight excluding hydrogens is 298 g/mol. The number of aromatic nitrogens is 1. The van der Waals surface area contributed by atoms with E-state index >= 15 is 0 Å². The fraction of sp³-hybridized carbons (Fsp3) is 0. The standard InChI is InChI=1S/C13H10ClN3O2S/c14-9-5-7(12(15)20)1-2-10(9)17-13(19)8-6-16-4-3-11(8)18/h1-6H,(H2,15,20)(H,16,18)(H,17,19). The van der Waals surface area contributed by atoms with Gasteiger partial charge in [0.25, 0.3) is 5.91 Å². The number of benzene rings is 1. The van der Waals surface area contributed by atoms with Gasteiger partial charge < -0.3 is 16.0 Å². The molecule has 0 aliphatic rings. The highest BCUT2D eigenvalue weighted by molar-refractivity contribution is 7.80. The maximum atomic E-state index is 12.0. The van der Waals surface area contributed by atoms with Crippen molar-refractivity contribution in [3.63, 3.8) is 0 Å². The summed E-state index contributed by atoms with van der Waals surface area (Å²) < 4.78 is 0. The summed E-state index contributed by atoms with van der Waals surface area (Å²) in [6, 6.07) is 6.03. The number of anilines is 1. The number of hydrogen-bond donors (Lipinski definition) is 3. The van der Waals surface area contributed by atoms with Gasteiger partial charge in [-0.2, -0.15) is 0 Å². The second-order valence-electron chi connectivity index (χ2n) is 3.94. The summed E-state index contributed by atoms with van der Waals surface area (Å²) in [4.78, 5) is 26.4. The van der Waals surface area contributed by atoms with Gasteiger partial charge in [-0.05, 0) is 18.2 Å². The van der Waals surface area contributed by atoms with Crippen LogP contribution >= 0.6 is 23.8 Å². The highest BCUT2D eigenvalue weighted by atomic mass is 35.5. The number of nitrogens with one attached hydrogen (secondary N) is 2. The number of halogens is 1. The molecule has 0 fully saturated rings. The minimum absolute atomic E-state index is 0.00184. The normalized spacial score (nSPS) is 10.1. The molecule has 2 rings (SSSR count). The molecule has 7 heteroatoms. The molecule has 2 aromatic rings. The van der Waals surface area contributed by atoms with Crippen LogP contribution in [0.2, 0.25) is 5.02 Å². The lowest BCUT2D eigenvalue weighted by molar-refractivity contribution is 0.102. The van der Waals surface area contributed by atoms with Gasteiger partial charge in [0.1, 0.15) is 10.6 Å². The van der Waals surface area contributed by atoms with Crippen molar-refractivity contribution in [3.05, 3.63) is 63.0 Å². The minimum Gasteiger partial charge on any atom is -0.389 e. The Labute approximate surface area is 124 Å². The lowest BCUT2D eigenvalue weighted by Crippen LogP contribution is -2.21. The molecule has 0 unspecified atom stereocenters. The molecule has 1 aromatic carbocycles. The van der Waals surface area contributed by atoms with E-state index in [4.69, 9.17) is 29.6 Å². The number of amides is 1. The predicted molar refractivity (Wildman–Crippen MR) is 82.4 cm³/mol. The number of hydrogen-bond acceptors (Lipinski definition) is 3. The number of pyridine rings is 1. The number of carbonyl (C=O) groups is 1. The third kappa shape index (κ3) is 3.04. The molecule has 5 nitrogen and oxygen atoms in total. The molecule has 4 N–H and O–H groups in total. The van der Waals surface area contributed by atoms with Crippen molar-refractivity contribution < 1.29 is 4.79 Å². The van der Waals surface area contributed by atoms with E-state index in [2.05, 4.69) is 10.3 Å². The lowest BCUT2D eigenvalue weighted by Gasteiger charge is -2.08. The average molecular weight is 308 g/mol. The zero-order chi connectivity index (χ0) is 14.7. The first-order valence-corrected chi connectivity index (χ1v) is 6.35. The quantitative estimate of drug-likeness (QED) is 0.756. The van der Waals surface area contributed by atoms with Gasteiger partial charge >= 0.3 is 0 Å². The molecule has 1 amide bonds. The molecule has 0 saturated heterocycles. The van der Waals surface area contributed by atoms with Crippen LogP contribution in [0.25, 0.3) is 0 Å².